The minimum atomic E-state index is 1.15. The van der Waals surface area contributed by atoms with Gasteiger partial charge in [0.25, 0.3) is 0 Å². The molecule has 9 aromatic carbocycles. The van der Waals surface area contributed by atoms with Crippen molar-refractivity contribution in [1.29, 1.82) is 0 Å². The summed E-state index contributed by atoms with van der Waals surface area (Å²) in [6.45, 7) is 0. The molecule has 0 radical (unpaired) electrons. The van der Waals surface area contributed by atoms with Gasteiger partial charge in [-0.2, -0.15) is 0 Å². The molecule has 0 fully saturated rings. The van der Waals surface area contributed by atoms with Crippen LogP contribution in [0.2, 0.25) is 0 Å². The van der Waals surface area contributed by atoms with Crippen molar-refractivity contribution < 1.29 is 0 Å². The minimum Gasteiger partial charge on any atom is -0.309 e. The average Bonchev–Trinajstić information content (AvgIpc) is 3.94. The molecule has 0 aliphatic heterocycles. The molecular formula is C54H34N2S. The van der Waals surface area contributed by atoms with Crippen LogP contribution in [0.15, 0.2) is 206 Å². The zero-order valence-electron chi connectivity index (χ0n) is 30.9. The molecule has 0 spiro atoms. The van der Waals surface area contributed by atoms with Crippen LogP contribution in [0.3, 0.4) is 0 Å². The summed E-state index contributed by atoms with van der Waals surface area (Å²) in [7, 11) is 0. The van der Waals surface area contributed by atoms with Crippen LogP contribution in [0.4, 0.5) is 0 Å². The lowest BCUT2D eigenvalue weighted by Gasteiger charge is -2.11. The lowest BCUT2D eigenvalue weighted by molar-refractivity contribution is 1.18. The molecule has 12 aromatic rings. The third-order valence-corrected chi connectivity index (χ3v) is 12.9. The Morgan fingerprint density at radius 1 is 0.281 bits per heavy atom. The molecule has 0 aliphatic rings. The SMILES string of the molecule is c1ccc(-c2cccc(-n3c4ccc(-c5ccc6c(c5)c5ccccc5n6-c5ccc6sc7ccccc7c6c5)cc4c4c(-c5ccccc5)cccc43)c2)cc1. The largest absolute Gasteiger partial charge is 0.309 e. The molecule has 3 heteroatoms. The highest BCUT2D eigenvalue weighted by molar-refractivity contribution is 7.25. The van der Waals surface area contributed by atoms with E-state index in [1.54, 1.807) is 0 Å². The Morgan fingerprint density at radius 3 is 1.67 bits per heavy atom. The molecule has 0 saturated carbocycles. The number of benzene rings is 9. The van der Waals surface area contributed by atoms with Gasteiger partial charge in [-0.3, -0.25) is 0 Å². The molecule has 0 bridgehead atoms. The standard InChI is InChI=1S/C54H34N2S/c1-3-13-35(14-4-1)37-17-11-18-40(31-37)56-50-29-26-39(33-47(50)54-42(21-12-23-51(54)56)36-15-5-2-6-16-36)38-25-28-49-45(32-38)43-19-7-9-22-48(43)55(49)41-27-30-53-46(34-41)44-20-8-10-24-52(44)57-53/h1-34H. The summed E-state index contributed by atoms with van der Waals surface area (Å²) in [6, 6.07) is 75.7. The van der Waals surface area contributed by atoms with Crippen LogP contribution in [0, 0.1) is 0 Å². The fraction of sp³-hybridized carbons (Fsp3) is 0. The van der Waals surface area contributed by atoms with E-state index in [9.17, 15) is 0 Å². The maximum atomic E-state index is 2.44. The quantitative estimate of drug-likeness (QED) is 0.166. The molecule has 0 N–H and O–H groups in total. The Balaban J connectivity index is 1.06. The summed E-state index contributed by atoms with van der Waals surface area (Å²) in [5, 5.41) is 7.64. The molecule has 0 aliphatic carbocycles. The maximum Gasteiger partial charge on any atom is 0.0547 e. The Hall–Kier alpha value is -7.20. The minimum absolute atomic E-state index is 1.15. The number of fused-ring (bicyclic) bond motifs is 9. The van der Waals surface area contributed by atoms with Crippen molar-refractivity contribution in [2.24, 2.45) is 0 Å². The van der Waals surface area contributed by atoms with E-state index in [1.807, 2.05) is 11.3 Å². The fourth-order valence-corrected chi connectivity index (χ4v) is 10.2. The van der Waals surface area contributed by atoms with Crippen molar-refractivity contribution in [2.75, 3.05) is 0 Å². The second-order valence-corrected chi connectivity index (χ2v) is 16.0. The normalized spacial score (nSPS) is 11.9. The van der Waals surface area contributed by atoms with E-state index in [1.165, 1.54) is 103 Å². The number of rotatable bonds is 5. The summed E-state index contributed by atoms with van der Waals surface area (Å²) < 4.78 is 7.53. The molecule has 0 saturated heterocycles. The summed E-state index contributed by atoms with van der Waals surface area (Å²) in [4.78, 5) is 0. The molecular weight excluding hydrogens is 709 g/mol. The summed E-state index contributed by atoms with van der Waals surface area (Å²) in [5.74, 6) is 0. The predicted molar refractivity (Wildman–Crippen MR) is 244 cm³/mol. The summed E-state index contributed by atoms with van der Waals surface area (Å²) >= 11 is 1.86. The maximum absolute atomic E-state index is 2.44. The van der Waals surface area contributed by atoms with E-state index in [-0.39, 0.29) is 0 Å². The van der Waals surface area contributed by atoms with E-state index in [4.69, 9.17) is 0 Å². The first-order chi connectivity index (χ1) is 28.3. The topological polar surface area (TPSA) is 9.86 Å². The van der Waals surface area contributed by atoms with Crippen LogP contribution in [0.5, 0.6) is 0 Å². The fourth-order valence-electron chi connectivity index (χ4n) is 9.13. The van der Waals surface area contributed by atoms with Crippen molar-refractivity contribution in [3.8, 4) is 44.8 Å². The lowest BCUT2D eigenvalue weighted by atomic mass is 9.97. The molecule has 0 unspecified atom stereocenters. The van der Waals surface area contributed by atoms with E-state index in [2.05, 4.69) is 215 Å². The Labute approximate surface area is 333 Å². The van der Waals surface area contributed by atoms with Gasteiger partial charge in [-0.15, -0.1) is 11.3 Å². The first kappa shape index (κ1) is 32.1. The molecule has 2 nitrogen and oxygen atoms in total. The van der Waals surface area contributed by atoms with E-state index in [0.717, 1.165) is 5.69 Å². The molecule has 3 aromatic heterocycles. The monoisotopic (exact) mass is 742 g/mol. The van der Waals surface area contributed by atoms with Crippen LogP contribution >= 0.6 is 11.3 Å². The third kappa shape index (κ3) is 5.03. The van der Waals surface area contributed by atoms with Gasteiger partial charge in [0.15, 0.2) is 0 Å². The number of nitrogens with zero attached hydrogens (tertiary/aromatic N) is 2. The average molecular weight is 743 g/mol. The van der Waals surface area contributed by atoms with Gasteiger partial charge in [-0.25, -0.2) is 0 Å². The van der Waals surface area contributed by atoms with Gasteiger partial charge in [0.1, 0.15) is 0 Å². The van der Waals surface area contributed by atoms with Crippen molar-refractivity contribution in [1.82, 2.24) is 9.13 Å². The lowest BCUT2D eigenvalue weighted by Crippen LogP contribution is -1.94. The highest BCUT2D eigenvalue weighted by atomic mass is 32.1. The molecule has 266 valence electrons. The van der Waals surface area contributed by atoms with Crippen molar-refractivity contribution in [3.63, 3.8) is 0 Å². The third-order valence-electron chi connectivity index (χ3n) is 11.7. The zero-order valence-corrected chi connectivity index (χ0v) is 31.7. The number of para-hydroxylation sites is 1. The van der Waals surface area contributed by atoms with Crippen LogP contribution in [0.25, 0.3) is 109 Å². The van der Waals surface area contributed by atoms with Crippen LogP contribution in [-0.4, -0.2) is 9.13 Å². The number of aromatic nitrogens is 2. The second-order valence-electron chi connectivity index (χ2n) is 14.9. The van der Waals surface area contributed by atoms with Crippen molar-refractivity contribution in [3.05, 3.63) is 206 Å². The zero-order chi connectivity index (χ0) is 37.5. The van der Waals surface area contributed by atoms with Crippen LogP contribution in [-0.2, 0) is 0 Å². The van der Waals surface area contributed by atoms with Gasteiger partial charge < -0.3 is 9.13 Å². The van der Waals surface area contributed by atoms with Gasteiger partial charge in [0, 0.05) is 53.1 Å². The van der Waals surface area contributed by atoms with Crippen molar-refractivity contribution in [2.45, 2.75) is 0 Å². The van der Waals surface area contributed by atoms with E-state index < -0.39 is 0 Å². The Kier molecular flexibility index (Phi) is 7.13. The highest BCUT2D eigenvalue weighted by Crippen LogP contribution is 2.42. The summed E-state index contributed by atoms with van der Waals surface area (Å²) in [5.41, 5.74) is 14.4. The Morgan fingerprint density at radius 2 is 0.842 bits per heavy atom. The van der Waals surface area contributed by atoms with E-state index in [0.29, 0.717) is 0 Å². The number of thiophene rings is 1. The second kappa shape index (κ2) is 12.7. The van der Waals surface area contributed by atoms with Gasteiger partial charge in [0.05, 0.1) is 22.1 Å². The smallest absolute Gasteiger partial charge is 0.0547 e. The van der Waals surface area contributed by atoms with Crippen LogP contribution in [0.1, 0.15) is 0 Å². The summed E-state index contributed by atoms with van der Waals surface area (Å²) in [6.07, 6.45) is 0. The number of hydrogen-bond donors (Lipinski definition) is 0. The van der Waals surface area contributed by atoms with Gasteiger partial charge in [-0.05, 0) is 106 Å². The molecule has 57 heavy (non-hydrogen) atoms. The molecule has 0 amide bonds. The van der Waals surface area contributed by atoms with E-state index >= 15 is 0 Å². The first-order valence-corrected chi connectivity index (χ1v) is 20.3. The first-order valence-electron chi connectivity index (χ1n) is 19.5. The highest BCUT2D eigenvalue weighted by Gasteiger charge is 2.19. The van der Waals surface area contributed by atoms with Gasteiger partial charge in [0.2, 0.25) is 0 Å². The van der Waals surface area contributed by atoms with Crippen LogP contribution < -0.4 is 0 Å². The molecule has 0 atom stereocenters. The van der Waals surface area contributed by atoms with Gasteiger partial charge >= 0.3 is 0 Å². The van der Waals surface area contributed by atoms with Crippen molar-refractivity contribution >= 4 is 75.1 Å². The molecule has 12 rings (SSSR count). The predicted octanol–water partition coefficient (Wildman–Crippen LogP) is 15.2. The number of hydrogen-bond acceptors (Lipinski definition) is 1. The Bertz CT molecular complexity index is 3510. The van der Waals surface area contributed by atoms with Gasteiger partial charge in [-0.1, -0.05) is 133 Å². The molecule has 3 heterocycles.